The van der Waals surface area contributed by atoms with Gasteiger partial charge in [-0.15, -0.1) is 22.7 Å². The first-order chi connectivity index (χ1) is 14.2. The number of rotatable bonds is 5. The lowest BCUT2D eigenvalue weighted by Crippen LogP contribution is -2.13. The first-order valence-electron chi connectivity index (χ1n) is 9.48. The monoisotopic (exact) mass is 439 g/mol. The van der Waals surface area contributed by atoms with Gasteiger partial charge in [-0.2, -0.15) is 5.10 Å². The predicted molar refractivity (Wildman–Crippen MR) is 121 cm³/mol. The van der Waals surface area contributed by atoms with Gasteiger partial charge in [0.1, 0.15) is 5.69 Å². The zero-order valence-electron chi connectivity index (χ0n) is 17.3. The third kappa shape index (κ3) is 3.66. The van der Waals surface area contributed by atoms with Crippen LogP contribution in [0.15, 0.2) is 23.7 Å². The van der Waals surface area contributed by atoms with Crippen LogP contribution in [0.25, 0.3) is 22.3 Å². The van der Waals surface area contributed by atoms with E-state index in [-0.39, 0.29) is 17.7 Å². The Morgan fingerprint density at radius 3 is 2.53 bits per heavy atom. The van der Waals surface area contributed by atoms with Crippen molar-refractivity contribution >= 4 is 50.5 Å². The maximum absolute atomic E-state index is 13.2. The van der Waals surface area contributed by atoms with Crippen molar-refractivity contribution in [1.29, 1.82) is 0 Å². The van der Waals surface area contributed by atoms with Crippen molar-refractivity contribution in [3.8, 4) is 11.3 Å². The zero-order chi connectivity index (χ0) is 21.6. The molecular weight excluding hydrogens is 418 g/mol. The number of pyridine rings is 1. The van der Waals surface area contributed by atoms with Gasteiger partial charge in [0.15, 0.2) is 16.6 Å². The van der Waals surface area contributed by atoms with Gasteiger partial charge >= 0.3 is 0 Å². The van der Waals surface area contributed by atoms with Crippen LogP contribution < -0.4 is 5.32 Å². The molecule has 0 unspecified atom stereocenters. The molecule has 1 N–H and O–H groups in total. The van der Waals surface area contributed by atoms with Crippen LogP contribution in [-0.4, -0.2) is 31.4 Å². The van der Waals surface area contributed by atoms with Crippen LogP contribution in [0.5, 0.6) is 0 Å². The van der Waals surface area contributed by atoms with Crippen LogP contribution in [0.4, 0.5) is 5.13 Å². The Kier molecular flexibility index (Phi) is 5.25. The lowest BCUT2D eigenvalue weighted by atomic mass is 10.1. The minimum absolute atomic E-state index is 0.101. The number of carbonyl (C=O) groups excluding carboxylic acids is 2. The van der Waals surface area contributed by atoms with Crippen LogP contribution in [0.1, 0.15) is 57.4 Å². The van der Waals surface area contributed by atoms with E-state index in [1.165, 1.54) is 23.1 Å². The molecule has 0 bridgehead atoms. The number of hydrogen-bond acceptors (Lipinski definition) is 7. The first kappa shape index (κ1) is 20.4. The number of aryl methyl sites for hydroxylation is 2. The van der Waals surface area contributed by atoms with E-state index < -0.39 is 0 Å². The Balaban J connectivity index is 1.83. The van der Waals surface area contributed by atoms with Gasteiger partial charge in [0.2, 0.25) is 0 Å². The van der Waals surface area contributed by atoms with Crippen molar-refractivity contribution in [1.82, 2.24) is 19.7 Å². The van der Waals surface area contributed by atoms with Gasteiger partial charge in [0.25, 0.3) is 5.91 Å². The summed E-state index contributed by atoms with van der Waals surface area (Å²) < 4.78 is 1.82. The molecule has 4 rings (SSSR count). The van der Waals surface area contributed by atoms with Crippen molar-refractivity contribution in [2.75, 3.05) is 5.32 Å². The lowest BCUT2D eigenvalue weighted by Gasteiger charge is -2.10. The molecule has 30 heavy (non-hydrogen) atoms. The number of nitrogens with zero attached hydrogens (tertiary/aromatic N) is 4. The second kappa shape index (κ2) is 7.73. The number of nitrogens with one attached hydrogen (secondary N) is 1. The molecule has 0 saturated heterocycles. The van der Waals surface area contributed by atoms with Gasteiger partial charge in [-0.05, 0) is 39.8 Å². The second-order valence-corrected chi connectivity index (χ2v) is 9.67. The van der Waals surface area contributed by atoms with Crippen molar-refractivity contribution in [2.45, 2.75) is 40.7 Å². The highest BCUT2D eigenvalue weighted by atomic mass is 32.1. The lowest BCUT2D eigenvalue weighted by molar-refractivity contribution is 0.100. The molecule has 0 atom stereocenters. The molecule has 0 aromatic carbocycles. The molecular formula is C21H21N5O2S2. The highest BCUT2D eigenvalue weighted by molar-refractivity contribution is 7.14. The summed E-state index contributed by atoms with van der Waals surface area (Å²) in [6, 6.07) is 3.99. The average Bonchev–Trinajstić information content (AvgIpc) is 3.38. The van der Waals surface area contributed by atoms with Gasteiger partial charge in [-0.3, -0.25) is 14.9 Å². The highest BCUT2D eigenvalue weighted by Crippen LogP contribution is 2.33. The molecule has 0 aliphatic carbocycles. The van der Waals surface area contributed by atoms with E-state index in [1.54, 1.807) is 29.0 Å². The van der Waals surface area contributed by atoms with Crippen LogP contribution in [0.2, 0.25) is 0 Å². The summed E-state index contributed by atoms with van der Waals surface area (Å²) in [7, 11) is 0. The Labute approximate surface area is 181 Å². The summed E-state index contributed by atoms with van der Waals surface area (Å²) in [6.07, 6.45) is 1.68. The van der Waals surface area contributed by atoms with E-state index in [9.17, 15) is 9.59 Å². The van der Waals surface area contributed by atoms with Crippen molar-refractivity contribution < 1.29 is 9.59 Å². The zero-order valence-corrected chi connectivity index (χ0v) is 18.9. The van der Waals surface area contributed by atoms with Gasteiger partial charge in [0, 0.05) is 33.7 Å². The van der Waals surface area contributed by atoms with Crippen LogP contribution >= 0.6 is 22.7 Å². The highest BCUT2D eigenvalue weighted by Gasteiger charge is 2.21. The van der Waals surface area contributed by atoms with E-state index in [0.717, 1.165) is 16.1 Å². The number of thiophene rings is 1. The second-order valence-electron chi connectivity index (χ2n) is 7.35. The summed E-state index contributed by atoms with van der Waals surface area (Å²) >= 11 is 2.93. The number of Topliss-reactive ketones (excluding diaryl/α,β-unsaturated/α-hetero) is 1. The molecule has 4 aromatic heterocycles. The Bertz CT molecular complexity index is 1280. The summed E-state index contributed by atoms with van der Waals surface area (Å²) in [6.45, 7) is 9.61. The van der Waals surface area contributed by atoms with Gasteiger partial charge in [0.05, 0.1) is 22.8 Å². The Morgan fingerprint density at radius 2 is 1.93 bits per heavy atom. The molecule has 7 nitrogen and oxygen atoms in total. The molecule has 4 heterocycles. The van der Waals surface area contributed by atoms with Crippen LogP contribution in [-0.2, 0) is 0 Å². The number of amides is 1. The summed E-state index contributed by atoms with van der Waals surface area (Å²) in [5, 5.41) is 9.97. The number of ketones is 1. The smallest absolute Gasteiger partial charge is 0.258 e. The number of thiazole rings is 1. The quantitative estimate of drug-likeness (QED) is 0.428. The predicted octanol–water partition coefficient (Wildman–Crippen LogP) is 5.27. The van der Waals surface area contributed by atoms with E-state index in [4.69, 9.17) is 4.98 Å². The molecule has 0 saturated carbocycles. The van der Waals surface area contributed by atoms with E-state index in [0.29, 0.717) is 27.4 Å². The number of anilines is 1. The molecule has 0 spiro atoms. The number of aromatic nitrogens is 4. The largest absolute Gasteiger partial charge is 0.298 e. The molecule has 0 aliphatic heterocycles. The molecule has 0 aliphatic rings. The van der Waals surface area contributed by atoms with Crippen LogP contribution in [0.3, 0.4) is 0 Å². The van der Waals surface area contributed by atoms with Crippen molar-refractivity contribution in [3.05, 3.63) is 44.7 Å². The number of hydrogen-bond donors (Lipinski definition) is 1. The number of fused-ring (bicyclic) bond motifs is 1. The SMILES string of the molecule is CC(=O)c1csc(NC(=O)c2cc(-c3cc(C)sc3C)nc3c2cnn3C(C)C)n1. The average molecular weight is 440 g/mol. The van der Waals surface area contributed by atoms with Gasteiger partial charge < -0.3 is 0 Å². The van der Waals surface area contributed by atoms with Gasteiger partial charge in [-0.1, -0.05) is 0 Å². The maximum atomic E-state index is 13.2. The van der Waals surface area contributed by atoms with Crippen molar-refractivity contribution in [2.24, 2.45) is 0 Å². The standard InChI is InChI=1S/C21H21N5O2S2/c1-10(2)26-19-16(8-22-26)15(7-17(23-19)14-6-11(3)30-13(14)5)20(28)25-21-24-18(9-29-21)12(4)27/h6-10H,1-5H3,(H,24,25,28). The summed E-state index contributed by atoms with van der Waals surface area (Å²) in [5.74, 6) is -0.442. The summed E-state index contributed by atoms with van der Waals surface area (Å²) in [5.41, 5.74) is 3.23. The fraction of sp³-hybridized carbons (Fsp3) is 0.286. The molecule has 0 radical (unpaired) electrons. The van der Waals surface area contributed by atoms with Gasteiger partial charge in [-0.25, -0.2) is 14.6 Å². The van der Waals surface area contributed by atoms with E-state index in [1.807, 2.05) is 18.5 Å². The van der Waals surface area contributed by atoms with Crippen LogP contribution in [0, 0.1) is 13.8 Å². The third-order valence-electron chi connectivity index (χ3n) is 4.70. The minimum Gasteiger partial charge on any atom is -0.298 e. The maximum Gasteiger partial charge on any atom is 0.258 e. The minimum atomic E-state index is -0.305. The molecule has 4 aromatic rings. The van der Waals surface area contributed by atoms with Crippen molar-refractivity contribution in [3.63, 3.8) is 0 Å². The topological polar surface area (TPSA) is 89.8 Å². The number of carbonyl (C=O) groups is 2. The molecule has 9 heteroatoms. The normalized spacial score (nSPS) is 11.4. The molecule has 0 fully saturated rings. The fourth-order valence-electron chi connectivity index (χ4n) is 3.26. The first-order valence-corrected chi connectivity index (χ1v) is 11.2. The Hall–Kier alpha value is -2.91. The van der Waals surface area contributed by atoms with E-state index in [2.05, 4.69) is 35.3 Å². The Morgan fingerprint density at radius 1 is 1.17 bits per heavy atom. The van der Waals surface area contributed by atoms with E-state index >= 15 is 0 Å². The fourth-order valence-corrected chi connectivity index (χ4v) is 4.94. The molecule has 1 amide bonds. The molecule has 154 valence electrons. The summed E-state index contributed by atoms with van der Waals surface area (Å²) in [4.78, 5) is 36.0. The third-order valence-corrected chi connectivity index (χ3v) is 6.43.